The van der Waals surface area contributed by atoms with Gasteiger partial charge in [0.2, 0.25) is 0 Å². The maximum atomic E-state index is 12.4. The van der Waals surface area contributed by atoms with Gasteiger partial charge in [-0.2, -0.15) is 8.42 Å². The summed E-state index contributed by atoms with van der Waals surface area (Å²) in [6.45, 7) is 56.2. The van der Waals surface area contributed by atoms with Gasteiger partial charge in [0.15, 0.2) is 0 Å². The van der Waals surface area contributed by atoms with Gasteiger partial charge in [0.05, 0.1) is 73.2 Å². The number of amides is 5. The summed E-state index contributed by atoms with van der Waals surface area (Å²) in [5.41, 5.74) is 8.26. The number of aromatic nitrogens is 6. The van der Waals surface area contributed by atoms with Gasteiger partial charge in [0, 0.05) is 157 Å². The molecule has 8 aliphatic rings. The molecule has 0 spiro atoms. The number of nitrogens with one attached hydrogen (secondary N) is 1. The Morgan fingerprint density at radius 1 is 0.430 bits per heavy atom. The summed E-state index contributed by atoms with van der Waals surface area (Å²) < 4.78 is 65.4. The first-order valence-corrected chi connectivity index (χ1v) is 52.6. The number of hydrogen-bond donors (Lipinski definition) is 2. The van der Waals surface area contributed by atoms with Crippen LogP contribution in [0.5, 0.6) is 0 Å². The van der Waals surface area contributed by atoms with E-state index in [1.165, 1.54) is 45.6 Å². The zero-order valence-electron chi connectivity index (χ0n) is 85.8. The number of aldehydes is 1. The average molecular weight is 2230 g/mol. The fourth-order valence-electron chi connectivity index (χ4n) is 17.2. The van der Waals surface area contributed by atoms with Crippen molar-refractivity contribution in [2.24, 2.45) is 35.5 Å². The molecule has 8 aliphatic heterocycles. The Morgan fingerprint density at radius 2 is 0.775 bits per heavy atom. The van der Waals surface area contributed by atoms with E-state index >= 15 is 0 Å². The molecule has 0 bridgehead atoms. The molecular weight excluding hydrogens is 2050 g/mol. The first-order valence-electron chi connectivity index (χ1n) is 48.4. The van der Waals surface area contributed by atoms with Gasteiger partial charge in [0.25, 0.3) is 10.1 Å². The topological polar surface area (TPSA) is 294 Å². The first-order chi connectivity index (χ1) is 64.4. The van der Waals surface area contributed by atoms with Crippen LogP contribution in [0.25, 0.3) is 22.5 Å². The standard InChI is InChI=1S/C19H24BrN3O2.C19H23N3O2.C17H24BrNO5S.C16H22BrNO3.C14H15N3.C10H17NO3.5C2H6.5CH4.V/c1-19(2,3)25-18(24)22-10-8-14(12-22)17(23-11-9-21-13-23)15-6-4-5-7-16(15)20;1-19(2,3)24-18(23)21-9-8-13(11-21)17-15-7-5-4-6-14(15)16-10-20-12-22(16)17;1-17(2,3)23-16(20)19-10-9-12(11-19)15(24-25(4,21)22)13-7-5-6-8-14(13)18;1-16(2,3)21-15(20)18-9-8-11(10-18)14(19)12-6-4-5-7-13(12)17;1-2-4-12-11(3-1)13-8-16-9-17(13)14(12)10-5-6-15-7-10;1-10(2,3)14-9(13)11-5-4-8(6-11)7-12;5*1-2;;;;;;/h4-7,9,11,13-14,17H,8,10,12H2,1-3H3;4-7,10,12-13,17H,8-9,11H2,1-3H3;5-8,12,15H,9-11H2,1-4H3;4-7,11,14,19H,8-10H2,1-3H3;1-4,8-10,14-15H,5-7H2;7-8H,4-6H2,1-3H3;5*1-2H3;5*1H4;. The third-order valence-corrected chi connectivity index (χ3v) is 25.4. The number of rotatable bonds is 12. The average Bonchev–Trinajstić information content (AvgIpc) is 1.59. The van der Waals surface area contributed by atoms with Crippen molar-refractivity contribution in [3.8, 4) is 22.5 Å². The van der Waals surface area contributed by atoms with Crippen molar-refractivity contribution >= 4 is 94.7 Å². The number of aliphatic hydroxyl groups excluding tert-OH is 1. The zero-order valence-corrected chi connectivity index (χ0v) is 92.8. The van der Waals surface area contributed by atoms with Crippen molar-refractivity contribution in [1.29, 1.82) is 0 Å². The van der Waals surface area contributed by atoms with E-state index in [2.05, 4.69) is 142 Å². The number of benzene rings is 5. The predicted molar refractivity (Wildman–Crippen MR) is 585 cm³/mol. The molecule has 32 heteroatoms. The Hall–Kier alpha value is -8.40. The number of aliphatic hydroxyl groups is 1. The molecule has 1 radical (unpaired) electrons. The fourth-order valence-corrected chi connectivity index (χ4v) is 19.4. The van der Waals surface area contributed by atoms with Crippen molar-refractivity contribution in [3.63, 3.8) is 0 Å². The van der Waals surface area contributed by atoms with Crippen LogP contribution in [-0.2, 0) is 61.3 Å². The predicted octanol–water partition coefficient (Wildman–Crippen LogP) is 27.5. The molecule has 3 aromatic heterocycles. The van der Waals surface area contributed by atoms with E-state index in [0.29, 0.717) is 76.0 Å². The van der Waals surface area contributed by atoms with Gasteiger partial charge >= 0.3 is 30.5 Å². The molecule has 6 fully saturated rings. The SMILES string of the molecule is C.C.C.C.C.CC.CC.CC.CC.CC.CC(C)(C)OC(=O)N1CCC(C(O)c2ccccc2Br)C1.CC(C)(C)OC(=O)N1CCC(C(OS(C)(=O)=O)c2ccccc2Br)C1.CC(C)(C)OC(=O)N1CCC(C(c2ccccc2Br)n2ccnc2)C1.CC(C)(C)OC(=O)N1CCC(C2c3ccccc3-c3cncn32)C1.CC(C)(C)OC(=O)N1CCC(C=O)C1.[V].c1ccc2c(c1)-c1cncn1C2C1CCNC1. The maximum absolute atomic E-state index is 12.4. The van der Waals surface area contributed by atoms with Gasteiger partial charge < -0.3 is 77.1 Å². The molecule has 5 aromatic carbocycles. The second-order valence-corrected chi connectivity index (χ2v) is 42.5. The smallest absolute Gasteiger partial charge is 0.410 e. The molecule has 797 valence electrons. The molecule has 142 heavy (non-hydrogen) atoms. The van der Waals surface area contributed by atoms with Crippen LogP contribution in [0.2, 0.25) is 0 Å². The van der Waals surface area contributed by atoms with Crippen LogP contribution in [0.4, 0.5) is 24.0 Å². The van der Waals surface area contributed by atoms with Crippen LogP contribution < -0.4 is 5.32 Å². The van der Waals surface area contributed by atoms with Crippen molar-refractivity contribution < 1.29 is 88.7 Å². The van der Waals surface area contributed by atoms with Crippen molar-refractivity contribution in [2.75, 3.05) is 84.8 Å². The van der Waals surface area contributed by atoms with Gasteiger partial charge in [-0.25, -0.2) is 38.9 Å². The van der Waals surface area contributed by atoms with Crippen LogP contribution in [0, 0.1) is 35.5 Å². The minimum atomic E-state index is -3.65. The largest absolute Gasteiger partial charge is 0.444 e. The summed E-state index contributed by atoms with van der Waals surface area (Å²) in [6, 6.07) is 41.4. The molecule has 2 N–H and O–H groups in total. The summed E-state index contributed by atoms with van der Waals surface area (Å²) in [5, 5.41) is 14.0. The Bertz CT molecular complexity index is 5140. The number of hydrogen-bond acceptors (Lipinski definition) is 19. The van der Waals surface area contributed by atoms with E-state index in [4.69, 9.17) is 27.9 Å². The van der Waals surface area contributed by atoms with E-state index in [9.17, 15) is 42.3 Å². The Balaban J connectivity index is 0.00000165. The molecule has 5 amide bonds. The summed E-state index contributed by atoms with van der Waals surface area (Å²) in [4.78, 5) is 92.4. The van der Waals surface area contributed by atoms with E-state index in [0.717, 1.165) is 95.5 Å². The number of fused-ring (bicyclic) bond motifs is 6. The number of carbonyl (C=O) groups is 6. The quantitative estimate of drug-likeness (QED) is 0.0652. The number of carbonyl (C=O) groups excluding carboxylic acids is 6. The molecule has 11 unspecified atom stereocenters. The molecular formula is C110H175Br3N12O15SV. The van der Waals surface area contributed by atoms with Crippen molar-refractivity contribution in [2.45, 2.75) is 307 Å². The monoisotopic (exact) mass is 2220 g/mol. The van der Waals surface area contributed by atoms with Crippen LogP contribution in [0.3, 0.4) is 0 Å². The number of imidazole rings is 3. The first kappa shape index (κ1) is 134. The summed E-state index contributed by atoms with van der Waals surface area (Å²) in [5.74, 6) is 1.28. The van der Waals surface area contributed by atoms with E-state index in [1.807, 2.05) is 281 Å². The van der Waals surface area contributed by atoms with Gasteiger partial charge in [-0.3, -0.25) is 4.18 Å². The Morgan fingerprint density at radius 3 is 1.15 bits per heavy atom. The maximum Gasteiger partial charge on any atom is 0.410 e. The van der Waals surface area contributed by atoms with Gasteiger partial charge in [-0.15, -0.1) is 0 Å². The van der Waals surface area contributed by atoms with Gasteiger partial charge in [0.1, 0.15) is 40.4 Å². The number of ether oxygens (including phenoxy) is 5. The molecule has 8 aromatic rings. The second kappa shape index (κ2) is 62.6. The normalized spacial score (nSPS) is 19.1. The minimum Gasteiger partial charge on any atom is -0.444 e. The molecule has 6 saturated heterocycles. The zero-order chi connectivity index (χ0) is 101. The number of likely N-dealkylation sites (tertiary alicyclic amines) is 5. The molecule has 0 saturated carbocycles. The third kappa shape index (κ3) is 39.8. The molecule has 27 nitrogen and oxygen atoms in total. The second-order valence-electron chi connectivity index (χ2n) is 38.4. The molecule has 16 rings (SSSR count). The summed E-state index contributed by atoms with van der Waals surface area (Å²) in [7, 11) is -3.65. The Labute approximate surface area is 891 Å². The fraction of sp³-hybridized carbons (Fsp3) is 0.591. The van der Waals surface area contributed by atoms with E-state index < -0.39 is 50.3 Å². The van der Waals surface area contributed by atoms with Crippen molar-refractivity contribution in [3.05, 3.63) is 206 Å². The molecule has 11 heterocycles. The van der Waals surface area contributed by atoms with Crippen LogP contribution in [0.15, 0.2) is 179 Å². The minimum absolute atomic E-state index is 0. The van der Waals surface area contributed by atoms with Crippen LogP contribution in [0.1, 0.15) is 307 Å². The summed E-state index contributed by atoms with van der Waals surface area (Å²) in [6.07, 6.45) is 18.1. The third-order valence-electron chi connectivity index (χ3n) is 22.7. The van der Waals surface area contributed by atoms with E-state index in [-0.39, 0.29) is 116 Å². The van der Waals surface area contributed by atoms with E-state index in [1.54, 1.807) is 20.9 Å². The van der Waals surface area contributed by atoms with Crippen LogP contribution in [-0.4, -0.2) is 216 Å². The van der Waals surface area contributed by atoms with Crippen LogP contribution >= 0.6 is 47.8 Å². The number of nitrogens with zero attached hydrogens (tertiary/aromatic N) is 11. The molecule has 11 atom stereocenters. The van der Waals surface area contributed by atoms with Gasteiger partial charge in [-0.05, 0) is 201 Å². The molecule has 0 aliphatic carbocycles. The summed E-state index contributed by atoms with van der Waals surface area (Å²) >= 11 is 10.6. The Kier molecular flexibility index (Phi) is 58.9. The number of halogens is 3. The van der Waals surface area contributed by atoms with Crippen molar-refractivity contribution in [1.82, 2.24) is 58.5 Å². The van der Waals surface area contributed by atoms with Gasteiger partial charge in [-0.1, -0.05) is 257 Å².